The van der Waals surface area contributed by atoms with E-state index in [1.165, 1.54) is 6.08 Å². The molecule has 0 unspecified atom stereocenters. The Labute approximate surface area is 115 Å². The Balaban J connectivity index is 2.57. The Morgan fingerprint density at radius 1 is 1.20 bits per heavy atom. The number of carboxylic acid groups (broad SMARTS) is 1. The average molecular weight is 277 g/mol. The number of amides is 3. The fraction of sp³-hybridized carbons (Fsp3) is 0.154. The summed E-state index contributed by atoms with van der Waals surface area (Å²) in [6.07, 6.45) is 2.39. The molecule has 0 saturated carbocycles. The molecule has 0 atom stereocenters. The van der Waals surface area contributed by atoms with E-state index in [0.717, 1.165) is 6.08 Å². The number of nitrogens with two attached hydrogens (primary N) is 1. The van der Waals surface area contributed by atoms with Crippen LogP contribution in [0.1, 0.15) is 15.9 Å². The summed E-state index contributed by atoms with van der Waals surface area (Å²) in [5, 5.41) is 13.5. The van der Waals surface area contributed by atoms with E-state index in [0.29, 0.717) is 11.1 Å². The molecule has 0 fully saturated rings. The third-order valence-corrected chi connectivity index (χ3v) is 2.28. The number of benzene rings is 1. The monoisotopic (exact) mass is 277 g/mol. The maximum atomic E-state index is 11.8. The number of rotatable bonds is 6. The van der Waals surface area contributed by atoms with Crippen molar-refractivity contribution in [2.45, 2.75) is 0 Å². The number of carbonyl (C=O) groups is 3. The molecule has 106 valence electrons. The first-order valence-corrected chi connectivity index (χ1v) is 5.81. The van der Waals surface area contributed by atoms with Crippen LogP contribution in [0.4, 0.5) is 4.79 Å². The molecule has 0 aliphatic heterocycles. The minimum Gasteiger partial charge on any atom is -0.478 e. The first kappa shape index (κ1) is 15.2. The van der Waals surface area contributed by atoms with Crippen LogP contribution in [0.2, 0.25) is 0 Å². The van der Waals surface area contributed by atoms with Crippen molar-refractivity contribution in [2.75, 3.05) is 13.1 Å². The molecule has 0 aliphatic carbocycles. The number of hydrogen-bond acceptors (Lipinski definition) is 3. The predicted octanol–water partition coefficient (Wildman–Crippen LogP) is 0.183. The van der Waals surface area contributed by atoms with E-state index in [1.807, 2.05) is 0 Å². The summed E-state index contributed by atoms with van der Waals surface area (Å²) in [7, 11) is 0. The van der Waals surface area contributed by atoms with Crippen molar-refractivity contribution in [2.24, 2.45) is 5.73 Å². The molecule has 0 bridgehead atoms. The molecule has 0 aliphatic rings. The van der Waals surface area contributed by atoms with Gasteiger partial charge in [0.1, 0.15) is 0 Å². The summed E-state index contributed by atoms with van der Waals surface area (Å²) in [5.74, 6) is -1.38. The summed E-state index contributed by atoms with van der Waals surface area (Å²) >= 11 is 0. The van der Waals surface area contributed by atoms with Crippen LogP contribution < -0.4 is 16.4 Å². The fourth-order valence-electron chi connectivity index (χ4n) is 1.41. The van der Waals surface area contributed by atoms with Gasteiger partial charge in [-0.05, 0) is 23.8 Å². The molecule has 1 aromatic carbocycles. The van der Waals surface area contributed by atoms with Crippen molar-refractivity contribution in [3.05, 3.63) is 41.5 Å². The van der Waals surface area contributed by atoms with Crippen LogP contribution in [0.25, 0.3) is 6.08 Å². The van der Waals surface area contributed by atoms with Gasteiger partial charge in [0.05, 0.1) is 0 Å². The van der Waals surface area contributed by atoms with Gasteiger partial charge in [-0.2, -0.15) is 0 Å². The van der Waals surface area contributed by atoms with Gasteiger partial charge in [-0.25, -0.2) is 9.59 Å². The van der Waals surface area contributed by atoms with Gasteiger partial charge in [-0.15, -0.1) is 0 Å². The summed E-state index contributed by atoms with van der Waals surface area (Å²) in [4.78, 5) is 32.6. The number of nitrogens with one attached hydrogen (secondary N) is 2. The zero-order chi connectivity index (χ0) is 15.0. The SMILES string of the molecule is NC(=O)NCCNC(=O)c1cccc(/C=C/C(=O)O)c1. The third kappa shape index (κ3) is 5.67. The highest BCUT2D eigenvalue weighted by molar-refractivity contribution is 5.95. The standard InChI is InChI=1S/C13H15N3O4/c14-13(20)16-7-6-15-12(19)10-3-1-2-9(8-10)4-5-11(17)18/h1-5,8H,6-7H2,(H,15,19)(H,17,18)(H3,14,16,20)/b5-4+. The molecule has 7 nitrogen and oxygen atoms in total. The minimum absolute atomic E-state index is 0.236. The van der Waals surface area contributed by atoms with Gasteiger partial charge in [0.25, 0.3) is 5.91 Å². The Hall–Kier alpha value is -2.83. The van der Waals surface area contributed by atoms with E-state index in [9.17, 15) is 14.4 Å². The molecule has 0 aromatic heterocycles. The maximum Gasteiger partial charge on any atom is 0.328 e. The van der Waals surface area contributed by atoms with Crippen LogP contribution in [-0.2, 0) is 4.79 Å². The van der Waals surface area contributed by atoms with E-state index in [-0.39, 0.29) is 19.0 Å². The number of aliphatic carboxylic acids is 1. The number of carbonyl (C=O) groups excluding carboxylic acids is 2. The van der Waals surface area contributed by atoms with Crippen molar-refractivity contribution in [1.82, 2.24) is 10.6 Å². The first-order chi connectivity index (χ1) is 9.49. The smallest absolute Gasteiger partial charge is 0.328 e. The van der Waals surface area contributed by atoms with Crippen molar-refractivity contribution >= 4 is 24.0 Å². The Morgan fingerprint density at radius 2 is 1.90 bits per heavy atom. The molecule has 3 amide bonds. The van der Waals surface area contributed by atoms with Crippen LogP contribution >= 0.6 is 0 Å². The Bertz CT molecular complexity index is 540. The lowest BCUT2D eigenvalue weighted by Gasteiger charge is -2.06. The zero-order valence-electron chi connectivity index (χ0n) is 10.6. The quantitative estimate of drug-likeness (QED) is 0.437. The normalized spacial score (nSPS) is 10.2. The molecule has 5 N–H and O–H groups in total. The van der Waals surface area contributed by atoms with Crippen molar-refractivity contribution in [3.8, 4) is 0 Å². The number of urea groups is 1. The van der Waals surface area contributed by atoms with Gasteiger partial charge in [0.2, 0.25) is 0 Å². The van der Waals surface area contributed by atoms with E-state index in [2.05, 4.69) is 10.6 Å². The molecule has 20 heavy (non-hydrogen) atoms. The zero-order valence-corrected chi connectivity index (χ0v) is 10.6. The van der Waals surface area contributed by atoms with Crippen LogP contribution in [0.5, 0.6) is 0 Å². The van der Waals surface area contributed by atoms with Gasteiger partial charge >= 0.3 is 12.0 Å². The van der Waals surface area contributed by atoms with Gasteiger partial charge in [-0.3, -0.25) is 4.79 Å². The molecule has 1 aromatic rings. The highest BCUT2D eigenvalue weighted by Crippen LogP contribution is 2.07. The Kier molecular flexibility index (Phi) is 5.76. The largest absolute Gasteiger partial charge is 0.478 e. The van der Waals surface area contributed by atoms with Crippen molar-refractivity contribution in [3.63, 3.8) is 0 Å². The third-order valence-electron chi connectivity index (χ3n) is 2.28. The van der Waals surface area contributed by atoms with Crippen molar-refractivity contribution < 1.29 is 19.5 Å². The molecule has 0 heterocycles. The van der Waals surface area contributed by atoms with Gasteiger partial charge in [0, 0.05) is 24.7 Å². The molecular weight excluding hydrogens is 262 g/mol. The summed E-state index contributed by atoms with van der Waals surface area (Å²) in [6.45, 7) is 0.483. The molecule has 0 saturated heterocycles. The maximum absolute atomic E-state index is 11.8. The fourth-order valence-corrected chi connectivity index (χ4v) is 1.41. The highest BCUT2D eigenvalue weighted by Gasteiger charge is 2.04. The predicted molar refractivity (Wildman–Crippen MR) is 73.0 cm³/mol. The number of carboxylic acids is 1. The average Bonchev–Trinajstić information content (AvgIpc) is 2.41. The summed E-state index contributed by atoms with van der Waals surface area (Å²) in [5.41, 5.74) is 5.89. The molecule has 0 radical (unpaired) electrons. The number of hydrogen-bond donors (Lipinski definition) is 4. The lowest BCUT2D eigenvalue weighted by molar-refractivity contribution is -0.131. The topological polar surface area (TPSA) is 122 Å². The lowest BCUT2D eigenvalue weighted by Crippen LogP contribution is -2.37. The van der Waals surface area contributed by atoms with Crippen LogP contribution in [0.15, 0.2) is 30.3 Å². The molecule has 0 spiro atoms. The van der Waals surface area contributed by atoms with Gasteiger partial charge < -0.3 is 21.5 Å². The van der Waals surface area contributed by atoms with Gasteiger partial charge in [-0.1, -0.05) is 12.1 Å². The van der Waals surface area contributed by atoms with E-state index >= 15 is 0 Å². The summed E-state index contributed by atoms with van der Waals surface area (Å²) < 4.78 is 0. The van der Waals surface area contributed by atoms with E-state index in [4.69, 9.17) is 10.8 Å². The van der Waals surface area contributed by atoms with Crippen LogP contribution in [0.3, 0.4) is 0 Å². The second-order valence-corrected chi connectivity index (χ2v) is 3.84. The highest BCUT2D eigenvalue weighted by atomic mass is 16.4. The van der Waals surface area contributed by atoms with E-state index < -0.39 is 12.0 Å². The summed E-state index contributed by atoms with van der Waals surface area (Å²) in [6, 6.07) is 5.86. The molecular formula is C13H15N3O4. The Morgan fingerprint density at radius 3 is 2.55 bits per heavy atom. The van der Waals surface area contributed by atoms with Crippen molar-refractivity contribution in [1.29, 1.82) is 0 Å². The van der Waals surface area contributed by atoms with Crippen LogP contribution in [-0.4, -0.2) is 36.1 Å². The second-order valence-electron chi connectivity index (χ2n) is 3.84. The minimum atomic E-state index is -1.06. The molecule has 1 rings (SSSR count). The number of primary amides is 1. The van der Waals surface area contributed by atoms with Gasteiger partial charge in [0.15, 0.2) is 0 Å². The lowest BCUT2D eigenvalue weighted by atomic mass is 10.1. The van der Waals surface area contributed by atoms with Crippen LogP contribution in [0, 0.1) is 0 Å². The molecule has 7 heteroatoms. The second kappa shape index (κ2) is 7.57. The first-order valence-electron chi connectivity index (χ1n) is 5.81. The van der Waals surface area contributed by atoms with E-state index in [1.54, 1.807) is 24.3 Å².